The zero-order valence-corrected chi connectivity index (χ0v) is 13.0. The summed E-state index contributed by atoms with van der Waals surface area (Å²) in [6, 6.07) is 12.5. The van der Waals surface area contributed by atoms with Crippen molar-refractivity contribution in [2.75, 3.05) is 19.5 Å². The van der Waals surface area contributed by atoms with E-state index >= 15 is 0 Å². The average molecular weight is 311 g/mol. The predicted octanol–water partition coefficient (Wildman–Crippen LogP) is 3.01. The maximum atomic E-state index is 12.7. The van der Waals surface area contributed by atoms with Gasteiger partial charge in [-0.05, 0) is 29.8 Å². The van der Waals surface area contributed by atoms with E-state index in [1.807, 2.05) is 24.3 Å². The fourth-order valence-electron chi connectivity index (χ4n) is 2.81. The van der Waals surface area contributed by atoms with E-state index in [0.29, 0.717) is 17.1 Å². The normalized spacial score (nSPS) is 15.7. The minimum atomic E-state index is -0.477. The summed E-state index contributed by atoms with van der Waals surface area (Å²) in [5.74, 6) is 0.265. The van der Waals surface area contributed by atoms with E-state index in [0.717, 1.165) is 11.3 Å². The van der Waals surface area contributed by atoms with E-state index in [-0.39, 0.29) is 18.1 Å². The molecule has 3 rings (SSSR count). The minimum Gasteiger partial charge on any atom is -0.497 e. The molecule has 0 bridgehead atoms. The van der Waals surface area contributed by atoms with Gasteiger partial charge in [-0.3, -0.25) is 9.59 Å². The summed E-state index contributed by atoms with van der Waals surface area (Å²) in [6.45, 7) is 0. The molecular weight excluding hydrogens is 294 g/mol. The molecule has 1 atom stereocenters. The Balaban J connectivity index is 1.89. The van der Waals surface area contributed by atoms with Crippen molar-refractivity contribution in [2.45, 2.75) is 12.3 Å². The number of ether oxygens (including phenoxy) is 2. The predicted molar refractivity (Wildman–Crippen MR) is 86.3 cm³/mol. The van der Waals surface area contributed by atoms with Crippen molar-refractivity contribution < 1.29 is 19.1 Å². The Bertz CT molecular complexity index is 769. The van der Waals surface area contributed by atoms with Crippen molar-refractivity contribution in [3.63, 3.8) is 0 Å². The smallest absolute Gasteiger partial charge is 0.232 e. The molecule has 0 aliphatic carbocycles. The van der Waals surface area contributed by atoms with Crippen LogP contribution in [0.5, 0.6) is 11.5 Å². The lowest BCUT2D eigenvalue weighted by Gasteiger charge is -2.12. The number of carbonyl (C=O) groups excluding carboxylic acids is 2. The molecule has 1 aliphatic heterocycles. The SMILES string of the molecule is COc1ccc(OC)c(C(=O)C[C@@H]2C(=O)Nc3ccccc32)c1. The van der Waals surface area contributed by atoms with E-state index in [4.69, 9.17) is 9.47 Å². The zero-order chi connectivity index (χ0) is 16.4. The number of benzene rings is 2. The van der Waals surface area contributed by atoms with E-state index < -0.39 is 5.92 Å². The highest BCUT2D eigenvalue weighted by atomic mass is 16.5. The van der Waals surface area contributed by atoms with Crippen LogP contribution in [0.4, 0.5) is 5.69 Å². The summed E-state index contributed by atoms with van der Waals surface area (Å²) in [5.41, 5.74) is 2.05. The number of fused-ring (bicyclic) bond motifs is 1. The molecule has 118 valence electrons. The van der Waals surface area contributed by atoms with E-state index in [9.17, 15) is 9.59 Å². The summed E-state index contributed by atoms with van der Waals surface area (Å²) >= 11 is 0. The van der Waals surface area contributed by atoms with Gasteiger partial charge < -0.3 is 14.8 Å². The van der Waals surface area contributed by atoms with E-state index in [1.165, 1.54) is 14.2 Å². The van der Waals surface area contributed by atoms with Gasteiger partial charge in [0.05, 0.1) is 25.7 Å². The highest BCUT2D eigenvalue weighted by Gasteiger charge is 2.32. The number of ketones is 1. The highest BCUT2D eigenvalue weighted by Crippen LogP contribution is 2.36. The summed E-state index contributed by atoms with van der Waals surface area (Å²) in [6.07, 6.45) is 0.0897. The number of hydrogen-bond acceptors (Lipinski definition) is 4. The van der Waals surface area contributed by atoms with Crippen molar-refractivity contribution in [2.24, 2.45) is 0 Å². The molecule has 1 heterocycles. The van der Waals surface area contributed by atoms with Crippen LogP contribution in [0.1, 0.15) is 28.3 Å². The van der Waals surface area contributed by atoms with Crippen LogP contribution in [0, 0.1) is 0 Å². The standard InChI is InChI=1S/C18H17NO4/c1-22-11-7-8-17(23-2)14(9-11)16(20)10-13-12-5-3-4-6-15(12)19-18(13)21/h3-9,13H,10H2,1-2H3,(H,19,21)/t13-/m0/s1. The Morgan fingerprint density at radius 2 is 1.91 bits per heavy atom. The Morgan fingerprint density at radius 3 is 2.65 bits per heavy atom. The van der Waals surface area contributed by atoms with Crippen LogP contribution in [-0.2, 0) is 4.79 Å². The Kier molecular flexibility index (Phi) is 4.02. The molecule has 0 aromatic heterocycles. The molecule has 2 aromatic carbocycles. The number of carbonyl (C=O) groups is 2. The molecule has 5 heteroatoms. The number of rotatable bonds is 5. The fraction of sp³-hybridized carbons (Fsp3) is 0.222. The lowest BCUT2D eigenvalue weighted by atomic mass is 9.92. The van der Waals surface area contributed by atoms with E-state index in [1.54, 1.807) is 18.2 Å². The van der Waals surface area contributed by atoms with Gasteiger partial charge in [-0.2, -0.15) is 0 Å². The minimum absolute atomic E-state index is 0.0897. The second-order valence-corrected chi connectivity index (χ2v) is 5.32. The van der Waals surface area contributed by atoms with Crippen molar-refractivity contribution >= 4 is 17.4 Å². The first-order chi connectivity index (χ1) is 11.1. The van der Waals surface area contributed by atoms with Gasteiger partial charge in [0.15, 0.2) is 5.78 Å². The summed E-state index contributed by atoms with van der Waals surface area (Å²) in [7, 11) is 3.05. The Labute approximate surface area is 134 Å². The van der Waals surface area contributed by atoms with Crippen molar-refractivity contribution in [1.29, 1.82) is 0 Å². The molecule has 1 amide bonds. The Hall–Kier alpha value is -2.82. The molecule has 2 aromatic rings. The van der Waals surface area contributed by atoms with Gasteiger partial charge in [0, 0.05) is 12.1 Å². The molecule has 1 aliphatic rings. The molecule has 1 N–H and O–H groups in total. The number of methoxy groups -OCH3 is 2. The molecule has 0 fully saturated rings. The molecule has 0 spiro atoms. The van der Waals surface area contributed by atoms with Crippen LogP contribution >= 0.6 is 0 Å². The van der Waals surface area contributed by atoms with Gasteiger partial charge in [0.2, 0.25) is 5.91 Å². The fourth-order valence-corrected chi connectivity index (χ4v) is 2.81. The van der Waals surface area contributed by atoms with Crippen LogP contribution in [0.25, 0.3) is 0 Å². The maximum Gasteiger partial charge on any atom is 0.232 e. The Morgan fingerprint density at radius 1 is 1.13 bits per heavy atom. The molecule has 0 radical (unpaired) electrons. The quantitative estimate of drug-likeness (QED) is 0.862. The first kappa shape index (κ1) is 15.1. The van der Waals surface area contributed by atoms with Crippen LogP contribution in [0.15, 0.2) is 42.5 Å². The van der Waals surface area contributed by atoms with Crippen LogP contribution < -0.4 is 14.8 Å². The largest absolute Gasteiger partial charge is 0.497 e. The maximum absolute atomic E-state index is 12.7. The second kappa shape index (κ2) is 6.12. The second-order valence-electron chi connectivity index (χ2n) is 5.32. The third-order valence-electron chi connectivity index (χ3n) is 4.01. The third kappa shape index (κ3) is 2.77. The molecule has 0 unspecified atom stereocenters. The third-order valence-corrected chi connectivity index (χ3v) is 4.01. The summed E-state index contributed by atoms with van der Waals surface area (Å²) in [4.78, 5) is 24.8. The summed E-state index contributed by atoms with van der Waals surface area (Å²) in [5, 5.41) is 2.81. The van der Waals surface area contributed by atoms with E-state index in [2.05, 4.69) is 5.32 Å². The first-order valence-corrected chi connectivity index (χ1v) is 7.29. The molecule has 5 nitrogen and oxygen atoms in total. The zero-order valence-electron chi connectivity index (χ0n) is 13.0. The summed E-state index contributed by atoms with van der Waals surface area (Å²) < 4.78 is 10.4. The van der Waals surface area contributed by atoms with Gasteiger partial charge in [-0.1, -0.05) is 18.2 Å². The monoisotopic (exact) mass is 311 g/mol. The molecule has 23 heavy (non-hydrogen) atoms. The van der Waals surface area contributed by atoms with Crippen molar-refractivity contribution in [3.05, 3.63) is 53.6 Å². The van der Waals surface area contributed by atoms with Gasteiger partial charge in [0.25, 0.3) is 0 Å². The average Bonchev–Trinajstić information content (AvgIpc) is 2.90. The lowest BCUT2D eigenvalue weighted by molar-refractivity contribution is -0.117. The number of anilines is 1. The van der Waals surface area contributed by atoms with Crippen LogP contribution in [0.3, 0.4) is 0 Å². The lowest BCUT2D eigenvalue weighted by Crippen LogP contribution is -2.16. The number of amides is 1. The topological polar surface area (TPSA) is 64.6 Å². The van der Waals surface area contributed by atoms with Crippen molar-refractivity contribution in [1.82, 2.24) is 0 Å². The van der Waals surface area contributed by atoms with Gasteiger partial charge in [0.1, 0.15) is 11.5 Å². The van der Waals surface area contributed by atoms with Gasteiger partial charge in [-0.15, -0.1) is 0 Å². The molecular formula is C18H17NO4. The molecule has 0 saturated carbocycles. The number of para-hydroxylation sites is 1. The van der Waals surface area contributed by atoms with Crippen molar-refractivity contribution in [3.8, 4) is 11.5 Å². The van der Waals surface area contributed by atoms with Crippen LogP contribution in [-0.4, -0.2) is 25.9 Å². The van der Waals surface area contributed by atoms with Gasteiger partial charge >= 0.3 is 0 Å². The molecule has 0 saturated heterocycles. The number of nitrogens with one attached hydrogen (secondary N) is 1. The first-order valence-electron chi connectivity index (χ1n) is 7.29. The highest BCUT2D eigenvalue weighted by molar-refractivity contribution is 6.08. The van der Waals surface area contributed by atoms with Crippen LogP contribution in [0.2, 0.25) is 0 Å². The number of hydrogen-bond donors (Lipinski definition) is 1. The number of Topliss-reactive ketones (excluding diaryl/α,β-unsaturated/α-hetero) is 1. The van der Waals surface area contributed by atoms with Gasteiger partial charge in [-0.25, -0.2) is 0 Å².